The Morgan fingerprint density at radius 1 is 1.26 bits per heavy atom. The average Bonchev–Trinajstić information content (AvgIpc) is 2.80. The molecule has 0 aliphatic heterocycles. The van der Waals surface area contributed by atoms with E-state index in [-0.39, 0.29) is 10.8 Å². The topological polar surface area (TPSA) is 64.2 Å². The largest absolute Gasteiger partial charge is 0.512 e. The number of nitrogens with zero attached hydrogens (tertiary/aromatic N) is 1. The Bertz CT molecular complexity index is 697. The van der Waals surface area contributed by atoms with Crippen molar-refractivity contribution in [2.24, 2.45) is 22.7 Å². The van der Waals surface area contributed by atoms with Crippen LogP contribution in [0.3, 0.4) is 0 Å². The molecule has 0 aromatic heterocycles. The maximum Gasteiger partial charge on any atom is 0.156 e. The molecule has 0 bridgehead atoms. The van der Waals surface area contributed by atoms with Crippen LogP contribution in [0.2, 0.25) is 0 Å². The van der Waals surface area contributed by atoms with Crippen molar-refractivity contribution < 1.29 is 10.2 Å². The van der Waals surface area contributed by atoms with E-state index >= 15 is 0 Å². The molecule has 122 valence electrons. The molecule has 0 heterocycles. The summed E-state index contributed by atoms with van der Waals surface area (Å²) in [6.45, 7) is 4.41. The van der Waals surface area contributed by atoms with Crippen molar-refractivity contribution >= 4 is 0 Å². The number of aliphatic hydroxyl groups is 2. The van der Waals surface area contributed by atoms with Gasteiger partial charge in [-0.15, -0.1) is 0 Å². The van der Waals surface area contributed by atoms with E-state index in [1.807, 2.05) is 6.08 Å². The van der Waals surface area contributed by atoms with Crippen LogP contribution in [-0.2, 0) is 0 Å². The first-order valence-corrected chi connectivity index (χ1v) is 8.78. The lowest BCUT2D eigenvalue weighted by Gasteiger charge is -2.52. The van der Waals surface area contributed by atoms with Crippen molar-refractivity contribution in [2.45, 2.75) is 58.0 Å². The fourth-order valence-corrected chi connectivity index (χ4v) is 5.82. The van der Waals surface area contributed by atoms with Crippen LogP contribution in [0.5, 0.6) is 0 Å². The van der Waals surface area contributed by atoms with Gasteiger partial charge < -0.3 is 10.2 Å². The third-order valence-electron chi connectivity index (χ3n) is 7.47. The molecule has 4 rings (SSSR count). The lowest BCUT2D eigenvalue weighted by Crippen LogP contribution is -2.49. The van der Waals surface area contributed by atoms with Gasteiger partial charge in [-0.05, 0) is 55.6 Å². The van der Waals surface area contributed by atoms with Gasteiger partial charge >= 0.3 is 0 Å². The van der Waals surface area contributed by atoms with Gasteiger partial charge in [0.25, 0.3) is 0 Å². The molecule has 5 atom stereocenters. The fraction of sp³-hybridized carbons (Fsp3) is 0.650. The first-order valence-electron chi connectivity index (χ1n) is 8.78. The second kappa shape index (κ2) is 4.51. The van der Waals surface area contributed by atoms with Crippen LogP contribution in [0.15, 0.2) is 35.1 Å². The molecule has 3 nitrogen and oxygen atoms in total. The highest BCUT2D eigenvalue weighted by molar-refractivity contribution is 5.45. The summed E-state index contributed by atoms with van der Waals surface area (Å²) in [6, 6.07) is 2.22. The molecular weight excluding hydrogens is 286 g/mol. The predicted octanol–water partition coefficient (Wildman–Crippen LogP) is 4.18. The zero-order valence-corrected chi connectivity index (χ0v) is 14.0. The Labute approximate surface area is 138 Å². The maximum atomic E-state index is 10.8. The van der Waals surface area contributed by atoms with Gasteiger partial charge in [0.1, 0.15) is 0 Å². The molecule has 0 saturated heterocycles. The fourth-order valence-electron chi connectivity index (χ4n) is 5.82. The third-order valence-corrected chi connectivity index (χ3v) is 7.47. The number of rotatable bonds is 0. The normalized spacial score (nSPS) is 48.2. The van der Waals surface area contributed by atoms with Gasteiger partial charge in [-0.25, -0.2) is 0 Å². The van der Waals surface area contributed by atoms with Crippen LogP contribution in [0, 0.1) is 34.0 Å². The molecule has 0 aromatic rings. The number of hydrogen-bond acceptors (Lipinski definition) is 3. The van der Waals surface area contributed by atoms with Crippen molar-refractivity contribution in [1.29, 1.82) is 5.26 Å². The number of aliphatic hydroxyl groups excluding tert-OH is 1. The standard InChI is InChI=1S/C20H25NO2/c1-18-8-5-14(22)11-13(18)3-4-15-16(18)6-9-19(2)17(15)7-10-20(19,23)12-21/h3,6,11,15,17,22-23H,4-5,7-10H2,1-2H3/t15-,17+,18+,19+,20+/m1/s1. The van der Waals surface area contributed by atoms with Crippen molar-refractivity contribution in [2.75, 3.05) is 0 Å². The Hall–Kier alpha value is -1.53. The lowest BCUT2D eigenvalue weighted by molar-refractivity contribution is -0.0367. The van der Waals surface area contributed by atoms with Crippen molar-refractivity contribution in [3.05, 3.63) is 35.1 Å². The zero-order chi connectivity index (χ0) is 16.5. The van der Waals surface area contributed by atoms with E-state index in [2.05, 4.69) is 32.1 Å². The molecule has 3 heteroatoms. The summed E-state index contributed by atoms with van der Waals surface area (Å²) in [6.07, 6.45) is 11.5. The number of fused-ring (bicyclic) bond motifs is 5. The number of allylic oxidation sites excluding steroid dienone is 6. The first kappa shape index (κ1) is 15.0. The molecule has 0 aromatic carbocycles. The highest BCUT2D eigenvalue weighted by atomic mass is 16.3. The van der Waals surface area contributed by atoms with E-state index in [9.17, 15) is 15.5 Å². The summed E-state index contributed by atoms with van der Waals surface area (Å²) in [4.78, 5) is 0. The molecule has 1 saturated carbocycles. The van der Waals surface area contributed by atoms with Crippen molar-refractivity contribution in [1.82, 2.24) is 0 Å². The summed E-state index contributed by atoms with van der Waals surface area (Å²) in [5.41, 5.74) is 1.24. The Morgan fingerprint density at radius 3 is 2.78 bits per heavy atom. The van der Waals surface area contributed by atoms with Crippen molar-refractivity contribution in [3.63, 3.8) is 0 Å². The summed E-state index contributed by atoms with van der Waals surface area (Å²) >= 11 is 0. The third kappa shape index (κ3) is 1.73. The van der Waals surface area contributed by atoms with E-state index in [0.717, 1.165) is 32.1 Å². The predicted molar refractivity (Wildman–Crippen MR) is 88.3 cm³/mol. The van der Waals surface area contributed by atoms with E-state index in [1.165, 1.54) is 11.1 Å². The molecule has 0 spiro atoms. The van der Waals surface area contributed by atoms with E-state index in [0.29, 0.717) is 24.0 Å². The molecule has 1 fully saturated rings. The Morgan fingerprint density at radius 2 is 2.04 bits per heavy atom. The van der Waals surface area contributed by atoms with Gasteiger partial charge in [0, 0.05) is 17.3 Å². The number of nitriles is 1. The average molecular weight is 311 g/mol. The maximum absolute atomic E-state index is 10.8. The van der Waals surface area contributed by atoms with Gasteiger partial charge in [-0.1, -0.05) is 31.6 Å². The van der Waals surface area contributed by atoms with E-state index in [4.69, 9.17) is 0 Å². The quantitative estimate of drug-likeness (QED) is 0.521. The molecule has 4 aliphatic rings. The van der Waals surface area contributed by atoms with Crippen LogP contribution in [0.4, 0.5) is 0 Å². The lowest BCUT2D eigenvalue weighted by atomic mass is 9.52. The van der Waals surface area contributed by atoms with E-state index < -0.39 is 5.60 Å². The molecule has 0 unspecified atom stereocenters. The van der Waals surface area contributed by atoms with Gasteiger partial charge in [0.2, 0.25) is 0 Å². The van der Waals surface area contributed by atoms with Gasteiger partial charge in [-0.2, -0.15) is 5.26 Å². The molecule has 2 N–H and O–H groups in total. The summed E-state index contributed by atoms with van der Waals surface area (Å²) in [7, 11) is 0. The van der Waals surface area contributed by atoms with Crippen LogP contribution in [-0.4, -0.2) is 15.8 Å². The second-order valence-electron chi connectivity index (χ2n) is 8.37. The Kier molecular flexibility index (Phi) is 2.95. The van der Waals surface area contributed by atoms with Crippen LogP contribution in [0.25, 0.3) is 0 Å². The first-order chi connectivity index (χ1) is 10.8. The summed E-state index contributed by atoms with van der Waals surface area (Å²) in [5, 5.41) is 30.2. The molecular formula is C20H25NO2. The van der Waals surface area contributed by atoms with Gasteiger partial charge in [0.15, 0.2) is 5.60 Å². The smallest absolute Gasteiger partial charge is 0.156 e. The van der Waals surface area contributed by atoms with Crippen LogP contribution in [0.1, 0.15) is 52.4 Å². The molecule has 4 aliphatic carbocycles. The highest BCUT2D eigenvalue weighted by Gasteiger charge is 2.61. The zero-order valence-electron chi connectivity index (χ0n) is 14.0. The minimum atomic E-state index is -1.19. The van der Waals surface area contributed by atoms with Crippen molar-refractivity contribution in [3.8, 4) is 6.07 Å². The van der Waals surface area contributed by atoms with Crippen LogP contribution < -0.4 is 0 Å². The molecule has 23 heavy (non-hydrogen) atoms. The molecule has 0 amide bonds. The van der Waals surface area contributed by atoms with Gasteiger partial charge in [0.05, 0.1) is 11.8 Å². The summed E-state index contributed by atoms with van der Waals surface area (Å²) in [5.74, 6) is 1.30. The van der Waals surface area contributed by atoms with Crippen LogP contribution >= 0.6 is 0 Å². The monoisotopic (exact) mass is 311 g/mol. The SMILES string of the molecule is C[C@]12CCC(O)=CC1=CC[C@@H]1C2=CC[C@@]2(C)[C@H]1CC[C@]2(O)C#N. The minimum absolute atomic E-state index is 0.0177. The second-order valence-corrected chi connectivity index (χ2v) is 8.37. The van der Waals surface area contributed by atoms with Gasteiger partial charge in [-0.3, -0.25) is 0 Å². The summed E-state index contributed by atoms with van der Waals surface area (Å²) < 4.78 is 0. The highest BCUT2D eigenvalue weighted by Crippen LogP contribution is 2.64. The Balaban J connectivity index is 1.79. The minimum Gasteiger partial charge on any atom is -0.512 e. The number of hydrogen-bond donors (Lipinski definition) is 2. The molecule has 0 radical (unpaired) electrons. The van der Waals surface area contributed by atoms with E-state index in [1.54, 1.807) is 0 Å².